The predicted molar refractivity (Wildman–Crippen MR) is 147 cm³/mol. The number of unbranched alkanes of at least 4 members (excludes halogenated alkanes) is 1. The third kappa shape index (κ3) is 8.67. The summed E-state index contributed by atoms with van der Waals surface area (Å²) in [4.78, 5) is 23.4. The molecule has 2 aromatic carbocycles. The van der Waals surface area contributed by atoms with Gasteiger partial charge in [0.05, 0.1) is 12.6 Å². The van der Waals surface area contributed by atoms with Crippen molar-refractivity contribution in [2.75, 3.05) is 13.2 Å². The van der Waals surface area contributed by atoms with E-state index in [1.165, 1.54) is 10.4 Å². The van der Waals surface area contributed by atoms with Crippen LogP contribution in [0.3, 0.4) is 0 Å². The van der Waals surface area contributed by atoms with E-state index in [4.69, 9.17) is 14.3 Å². The summed E-state index contributed by atoms with van der Waals surface area (Å²) < 4.78 is 12.5. The first-order chi connectivity index (χ1) is 16.8. The van der Waals surface area contributed by atoms with Crippen molar-refractivity contribution >= 4 is 30.9 Å². The average molecular weight is 515 g/mol. The third-order valence-electron chi connectivity index (χ3n) is 5.89. The second kappa shape index (κ2) is 12.9. The van der Waals surface area contributed by atoms with Gasteiger partial charge >= 0.3 is 12.2 Å². The Morgan fingerprint density at radius 2 is 1.42 bits per heavy atom. The van der Waals surface area contributed by atoms with Gasteiger partial charge < -0.3 is 24.9 Å². The van der Waals surface area contributed by atoms with Crippen LogP contribution in [0.1, 0.15) is 60.8 Å². The molecule has 0 aromatic heterocycles. The van der Waals surface area contributed by atoms with Gasteiger partial charge in [-0.15, -0.1) is 0 Å². The van der Waals surface area contributed by atoms with Crippen molar-refractivity contribution < 1.29 is 23.9 Å². The molecule has 0 radical (unpaired) electrons. The number of ether oxygens (including phenoxy) is 1. The molecule has 3 N–H and O–H groups in total. The molecule has 0 unspecified atom stereocenters. The van der Waals surface area contributed by atoms with Crippen LogP contribution in [0.2, 0.25) is 5.04 Å². The molecule has 1 atom stereocenters. The monoisotopic (exact) mass is 514 g/mol. The van der Waals surface area contributed by atoms with Crippen LogP contribution in [0.15, 0.2) is 60.7 Å². The molecule has 2 aromatic rings. The Hall–Kier alpha value is -2.84. The molecule has 2 amide bonds. The number of hydrogen-bond donors (Lipinski definition) is 3. The highest BCUT2D eigenvalue weighted by atomic mass is 28.4. The van der Waals surface area contributed by atoms with Crippen LogP contribution in [0.4, 0.5) is 9.59 Å². The molecule has 2 rings (SSSR count). The van der Waals surface area contributed by atoms with Crippen molar-refractivity contribution in [2.24, 2.45) is 0 Å². The number of benzene rings is 2. The standard InChI is InChI=1S/C28H42N2O5Si/c1-27(2,3)35-26(33)30-22(15-13-14-20-29-25(31)32)21-34-36(28(4,5)6,23-16-9-7-10-17-23)24-18-11-8-12-19-24/h7-12,16-19,22,29H,13-15,20-21H2,1-6H3,(H,30,33)(H,31,32)/t22-/m0/s1. The predicted octanol–water partition coefficient (Wildman–Crippen LogP) is 4.89. The molecule has 0 saturated heterocycles. The molecule has 0 saturated carbocycles. The first kappa shape index (κ1) is 29.4. The number of carbonyl (C=O) groups excluding carboxylic acids is 1. The number of carboxylic acid groups (broad SMARTS) is 1. The van der Waals surface area contributed by atoms with E-state index >= 15 is 0 Å². The molecular formula is C28H42N2O5Si. The van der Waals surface area contributed by atoms with E-state index in [2.05, 4.69) is 55.7 Å². The smallest absolute Gasteiger partial charge is 0.407 e. The normalized spacial score (nSPS) is 13.1. The zero-order valence-corrected chi connectivity index (χ0v) is 23.5. The minimum atomic E-state index is -2.76. The highest BCUT2D eigenvalue weighted by Crippen LogP contribution is 2.36. The Morgan fingerprint density at radius 1 is 0.889 bits per heavy atom. The van der Waals surface area contributed by atoms with E-state index in [1.807, 2.05) is 57.2 Å². The number of nitrogens with one attached hydrogen (secondary N) is 2. The first-order valence-corrected chi connectivity index (χ1v) is 14.5. The van der Waals surface area contributed by atoms with Gasteiger partial charge in [-0.2, -0.15) is 0 Å². The molecular weight excluding hydrogens is 472 g/mol. The molecule has 0 aliphatic carbocycles. The van der Waals surface area contributed by atoms with Gasteiger partial charge in [0.2, 0.25) is 0 Å². The largest absolute Gasteiger partial charge is 0.465 e. The molecule has 0 bridgehead atoms. The fraction of sp³-hybridized carbons (Fsp3) is 0.500. The van der Waals surface area contributed by atoms with Crippen LogP contribution in [0.25, 0.3) is 0 Å². The van der Waals surface area contributed by atoms with Gasteiger partial charge in [0.1, 0.15) is 5.60 Å². The molecule has 0 heterocycles. The second-order valence-corrected chi connectivity index (χ2v) is 15.4. The van der Waals surface area contributed by atoms with Crippen LogP contribution < -0.4 is 21.0 Å². The van der Waals surface area contributed by atoms with Gasteiger partial charge in [0.25, 0.3) is 8.32 Å². The Morgan fingerprint density at radius 3 is 1.86 bits per heavy atom. The number of hydrogen-bond acceptors (Lipinski definition) is 4. The molecule has 7 nitrogen and oxygen atoms in total. The Bertz CT molecular complexity index is 916. The molecule has 8 heteroatoms. The lowest BCUT2D eigenvalue weighted by atomic mass is 10.1. The second-order valence-electron chi connectivity index (χ2n) is 11.0. The van der Waals surface area contributed by atoms with Gasteiger partial charge in [-0.3, -0.25) is 0 Å². The highest BCUT2D eigenvalue weighted by molar-refractivity contribution is 6.99. The zero-order chi connectivity index (χ0) is 26.8. The number of amides is 2. The maximum atomic E-state index is 12.6. The van der Waals surface area contributed by atoms with Crippen molar-refractivity contribution in [2.45, 2.75) is 77.5 Å². The lowest BCUT2D eigenvalue weighted by molar-refractivity contribution is 0.0482. The molecule has 198 valence electrons. The summed E-state index contributed by atoms with van der Waals surface area (Å²) in [6.07, 6.45) is 0.511. The molecule has 0 aliphatic rings. The van der Waals surface area contributed by atoms with Crippen LogP contribution in [-0.4, -0.2) is 50.4 Å². The van der Waals surface area contributed by atoms with E-state index in [9.17, 15) is 9.59 Å². The van der Waals surface area contributed by atoms with Gasteiger partial charge in [-0.1, -0.05) is 81.4 Å². The van der Waals surface area contributed by atoms with E-state index < -0.39 is 26.1 Å². The quantitative estimate of drug-likeness (QED) is 0.293. The van der Waals surface area contributed by atoms with E-state index in [-0.39, 0.29) is 11.1 Å². The summed E-state index contributed by atoms with van der Waals surface area (Å²) in [6, 6.07) is 20.5. The van der Waals surface area contributed by atoms with E-state index in [0.29, 0.717) is 26.0 Å². The van der Waals surface area contributed by atoms with Gasteiger partial charge in [-0.25, -0.2) is 9.59 Å². The summed E-state index contributed by atoms with van der Waals surface area (Å²) in [7, 11) is -2.76. The summed E-state index contributed by atoms with van der Waals surface area (Å²) in [5, 5.41) is 16.4. The fourth-order valence-electron chi connectivity index (χ4n) is 4.37. The maximum Gasteiger partial charge on any atom is 0.407 e. The van der Waals surface area contributed by atoms with Gasteiger partial charge in [-0.05, 0) is 55.4 Å². The van der Waals surface area contributed by atoms with Crippen molar-refractivity contribution in [1.29, 1.82) is 0 Å². The van der Waals surface area contributed by atoms with Gasteiger partial charge in [0, 0.05) is 6.54 Å². The molecule has 36 heavy (non-hydrogen) atoms. The summed E-state index contributed by atoms with van der Waals surface area (Å²) in [5.41, 5.74) is -0.612. The lowest BCUT2D eigenvalue weighted by Gasteiger charge is -2.43. The topological polar surface area (TPSA) is 96.9 Å². The van der Waals surface area contributed by atoms with Crippen LogP contribution in [0, 0.1) is 0 Å². The molecule has 0 spiro atoms. The highest BCUT2D eigenvalue weighted by Gasteiger charge is 2.50. The molecule has 0 fully saturated rings. The van der Waals surface area contributed by atoms with Crippen molar-refractivity contribution in [3.05, 3.63) is 60.7 Å². The van der Waals surface area contributed by atoms with Gasteiger partial charge in [0.15, 0.2) is 0 Å². The maximum absolute atomic E-state index is 12.6. The van der Waals surface area contributed by atoms with Crippen LogP contribution in [-0.2, 0) is 9.16 Å². The molecule has 0 aliphatic heterocycles. The zero-order valence-electron chi connectivity index (χ0n) is 22.5. The van der Waals surface area contributed by atoms with Crippen LogP contribution >= 0.6 is 0 Å². The summed E-state index contributed by atoms with van der Waals surface area (Å²) in [5.74, 6) is 0. The summed E-state index contributed by atoms with van der Waals surface area (Å²) >= 11 is 0. The first-order valence-electron chi connectivity index (χ1n) is 12.6. The van der Waals surface area contributed by atoms with Crippen molar-refractivity contribution in [3.63, 3.8) is 0 Å². The lowest BCUT2D eigenvalue weighted by Crippen LogP contribution is -2.67. The third-order valence-corrected chi connectivity index (χ3v) is 10.9. The average Bonchev–Trinajstić information content (AvgIpc) is 2.78. The SMILES string of the molecule is CC(C)(C)OC(=O)N[C@@H](CCCCNC(=O)O)CO[Si](c1ccccc1)(c1ccccc1)C(C)(C)C. The van der Waals surface area contributed by atoms with Crippen molar-refractivity contribution in [1.82, 2.24) is 10.6 Å². The van der Waals surface area contributed by atoms with Crippen LogP contribution in [0.5, 0.6) is 0 Å². The van der Waals surface area contributed by atoms with Crippen molar-refractivity contribution in [3.8, 4) is 0 Å². The Balaban J connectivity index is 2.33. The number of rotatable bonds is 11. The minimum absolute atomic E-state index is 0.183. The fourth-order valence-corrected chi connectivity index (χ4v) is 8.98. The Labute approximate surface area is 216 Å². The number of carbonyl (C=O) groups is 2. The minimum Gasteiger partial charge on any atom is -0.465 e. The van der Waals surface area contributed by atoms with E-state index in [1.54, 1.807) is 0 Å². The number of alkyl carbamates (subject to hydrolysis) is 1. The Kier molecular flexibility index (Phi) is 10.5. The summed E-state index contributed by atoms with van der Waals surface area (Å²) in [6.45, 7) is 12.8. The van der Waals surface area contributed by atoms with E-state index in [0.717, 1.165) is 6.42 Å².